The van der Waals surface area contributed by atoms with Gasteiger partial charge < -0.3 is 19.4 Å². The summed E-state index contributed by atoms with van der Waals surface area (Å²) in [7, 11) is 3.16. The van der Waals surface area contributed by atoms with Crippen molar-refractivity contribution in [2.24, 2.45) is 0 Å². The predicted molar refractivity (Wildman–Crippen MR) is 102 cm³/mol. The van der Waals surface area contributed by atoms with Crippen LogP contribution in [0.3, 0.4) is 0 Å². The molecule has 0 aromatic heterocycles. The molecule has 2 aromatic carbocycles. The standard InChI is InChI=1S/C21H24O4S/c1-24-19-13-12-18(14-20(19)25-2)26-17(15-21(22)23)11-7-6-10-16-8-4-3-5-9-16/h3-5,8-9,12-15H,6-7,10-11H2,1-2H3,(H,22,23)/p-1/b17-15+. The number of aliphatic carboxylic acids is 1. The molecular formula is C21H23O4S-. The van der Waals surface area contributed by atoms with Crippen LogP contribution in [0.1, 0.15) is 24.8 Å². The van der Waals surface area contributed by atoms with E-state index in [9.17, 15) is 9.90 Å². The number of methoxy groups -OCH3 is 2. The van der Waals surface area contributed by atoms with E-state index in [1.807, 2.05) is 36.4 Å². The molecule has 0 saturated carbocycles. The van der Waals surface area contributed by atoms with Crippen molar-refractivity contribution in [2.45, 2.75) is 30.6 Å². The van der Waals surface area contributed by atoms with Crippen LogP contribution >= 0.6 is 11.8 Å². The van der Waals surface area contributed by atoms with Crippen LogP contribution in [-0.4, -0.2) is 20.2 Å². The quantitative estimate of drug-likeness (QED) is 0.361. The van der Waals surface area contributed by atoms with Gasteiger partial charge in [0.15, 0.2) is 11.5 Å². The zero-order valence-electron chi connectivity index (χ0n) is 15.1. The van der Waals surface area contributed by atoms with E-state index in [0.29, 0.717) is 17.9 Å². The molecule has 0 heterocycles. The Hall–Kier alpha value is -2.40. The SMILES string of the molecule is COc1ccc(S/C(=C/C(=O)[O-])CCCCc2ccccc2)cc1OC. The van der Waals surface area contributed by atoms with Gasteiger partial charge in [0, 0.05) is 4.90 Å². The minimum Gasteiger partial charge on any atom is -0.545 e. The van der Waals surface area contributed by atoms with Gasteiger partial charge in [0.05, 0.1) is 20.2 Å². The number of carbonyl (C=O) groups excluding carboxylic acids is 1. The molecular weight excluding hydrogens is 348 g/mol. The zero-order valence-corrected chi connectivity index (χ0v) is 15.9. The molecule has 0 amide bonds. The van der Waals surface area contributed by atoms with Crippen LogP contribution in [0.15, 0.2) is 64.4 Å². The van der Waals surface area contributed by atoms with Crippen molar-refractivity contribution < 1.29 is 19.4 Å². The van der Waals surface area contributed by atoms with Gasteiger partial charge in [0.2, 0.25) is 0 Å². The van der Waals surface area contributed by atoms with Crippen LogP contribution in [0.4, 0.5) is 0 Å². The maximum atomic E-state index is 11.0. The Bertz CT molecular complexity index is 741. The Morgan fingerprint density at radius 1 is 1.04 bits per heavy atom. The van der Waals surface area contributed by atoms with Gasteiger partial charge in [-0.1, -0.05) is 42.1 Å². The lowest BCUT2D eigenvalue weighted by Crippen LogP contribution is -2.19. The Morgan fingerprint density at radius 2 is 1.77 bits per heavy atom. The van der Waals surface area contributed by atoms with Crippen LogP contribution in [0.25, 0.3) is 0 Å². The Kier molecular flexibility index (Phi) is 8.09. The Morgan fingerprint density at radius 3 is 2.42 bits per heavy atom. The molecule has 0 aliphatic rings. The summed E-state index contributed by atoms with van der Waals surface area (Å²) in [5.41, 5.74) is 1.30. The van der Waals surface area contributed by atoms with E-state index in [-0.39, 0.29) is 0 Å². The first-order valence-corrected chi connectivity index (χ1v) is 9.29. The van der Waals surface area contributed by atoms with Crippen LogP contribution in [0.2, 0.25) is 0 Å². The van der Waals surface area contributed by atoms with Gasteiger partial charge in [-0.25, -0.2) is 0 Å². The van der Waals surface area contributed by atoms with Gasteiger partial charge in [0.25, 0.3) is 0 Å². The fourth-order valence-corrected chi connectivity index (χ4v) is 3.59. The summed E-state index contributed by atoms with van der Waals surface area (Å²) in [4.78, 5) is 12.7. The minimum atomic E-state index is -1.17. The maximum absolute atomic E-state index is 11.0. The zero-order chi connectivity index (χ0) is 18.8. The number of ether oxygens (including phenoxy) is 2. The first-order valence-electron chi connectivity index (χ1n) is 8.47. The van der Waals surface area contributed by atoms with Crippen LogP contribution < -0.4 is 14.6 Å². The molecule has 0 aliphatic heterocycles. The van der Waals surface area contributed by atoms with Crippen molar-refractivity contribution in [2.75, 3.05) is 14.2 Å². The number of thioether (sulfide) groups is 1. The van der Waals surface area contributed by atoms with Crippen molar-refractivity contribution in [3.63, 3.8) is 0 Å². The second-order valence-electron chi connectivity index (χ2n) is 5.74. The van der Waals surface area contributed by atoms with Gasteiger partial charge in [0.1, 0.15) is 0 Å². The number of rotatable bonds is 10. The third-order valence-corrected chi connectivity index (χ3v) is 4.94. The second kappa shape index (κ2) is 10.6. The number of unbranched alkanes of at least 4 members (excludes halogenated alkanes) is 1. The van der Waals surface area contributed by atoms with E-state index < -0.39 is 5.97 Å². The lowest BCUT2D eigenvalue weighted by atomic mass is 10.1. The maximum Gasteiger partial charge on any atom is 0.161 e. The number of hydrogen-bond acceptors (Lipinski definition) is 5. The molecule has 0 radical (unpaired) electrons. The van der Waals surface area contributed by atoms with Crippen molar-refractivity contribution in [1.29, 1.82) is 0 Å². The Balaban J connectivity index is 1.96. The normalized spacial score (nSPS) is 11.2. The topological polar surface area (TPSA) is 58.6 Å². The number of carbonyl (C=O) groups is 1. The fraction of sp³-hybridized carbons (Fsp3) is 0.286. The molecule has 2 rings (SSSR count). The van der Waals surface area contributed by atoms with Gasteiger partial charge in [-0.3, -0.25) is 0 Å². The first kappa shape index (κ1) is 19.9. The van der Waals surface area contributed by atoms with E-state index in [0.717, 1.165) is 29.1 Å². The summed E-state index contributed by atoms with van der Waals surface area (Å²) in [6.07, 6.45) is 4.78. The average Bonchev–Trinajstić information content (AvgIpc) is 2.65. The number of allylic oxidation sites excluding steroid dienone is 1. The van der Waals surface area contributed by atoms with E-state index >= 15 is 0 Å². The molecule has 2 aromatic rings. The summed E-state index contributed by atoms with van der Waals surface area (Å²) in [5, 5.41) is 11.0. The molecule has 138 valence electrons. The van der Waals surface area contributed by atoms with E-state index in [4.69, 9.17) is 9.47 Å². The van der Waals surface area contributed by atoms with E-state index in [2.05, 4.69) is 12.1 Å². The van der Waals surface area contributed by atoms with Crippen molar-refractivity contribution in [3.8, 4) is 11.5 Å². The summed E-state index contributed by atoms with van der Waals surface area (Å²) >= 11 is 1.42. The molecule has 26 heavy (non-hydrogen) atoms. The molecule has 0 aliphatic carbocycles. The highest BCUT2D eigenvalue weighted by molar-refractivity contribution is 8.03. The lowest BCUT2D eigenvalue weighted by Gasteiger charge is -2.12. The van der Waals surface area contributed by atoms with Gasteiger partial charge in [-0.2, -0.15) is 0 Å². The number of carboxylic acids is 1. The molecule has 0 fully saturated rings. The largest absolute Gasteiger partial charge is 0.545 e. The van der Waals surface area contributed by atoms with Gasteiger partial charge in [-0.05, 0) is 60.4 Å². The first-order chi connectivity index (χ1) is 12.6. The number of benzene rings is 2. The Labute approximate surface area is 158 Å². The van der Waals surface area contributed by atoms with Crippen LogP contribution in [0, 0.1) is 0 Å². The lowest BCUT2D eigenvalue weighted by molar-refractivity contribution is -0.297. The summed E-state index contributed by atoms with van der Waals surface area (Å²) in [6, 6.07) is 15.8. The predicted octanol–water partition coefficient (Wildman–Crippen LogP) is 3.84. The second-order valence-corrected chi connectivity index (χ2v) is 6.94. The molecule has 0 bridgehead atoms. The molecule has 0 unspecified atom stereocenters. The van der Waals surface area contributed by atoms with Gasteiger partial charge in [-0.15, -0.1) is 0 Å². The van der Waals surface area contributed by atoms with Gasteiger partial charge >= 0.3 is 0 Å². The highest BCUT2D eigenvalue weighted by Crippen LogP contribution is 2.36. The highest BCUT2D eigenvalue weighted by atomic mass is 32.2. The molecule has 4 nitrogen and oxygen atoms in total. The smallest absolute Gasteiger partial charge is 0.161 e. The summed E-state index contributed by atoms with van der Waals surface area (Å²) in [6.45, 7) is 0. The van der Waals surface area contributed by atoms with Crippen molar-refractivity contribution in [3.05, 3.63) is 65.1 Å². The summed E-state index contributed by atoms with van der Waals surface area (Å²) < 4.78 is 10.5. The van der Waals surface area contributed by atoms with E-state index in [1.54, 1.807) is 14.2 Å². The van der Waals surface area contributed by atoms with Crippen LogP contribution in [-0.2, 0) is 11.2 Å². The molecule has 0 N–H and O–H groups in total. The van der Waals surface area contributed by atoms with Crippen LogP contribution in [0.5, 0.6) is 11.5 Å². The molecule has 0 spiro atoms. The highest BCUT2D eigenvalue weighted by Gasteiger charge is 2.07. The molecule has 5 heteroatoms. The summed E-state index contributed by atoms with van der Waals surface area (Å²) in [5.74, 6) is 0.0931. The average molecular weight is 371 g/mol. The number of hydrogen-bond donors (Lipinski definition) is 0. The van der Waals surface area contributed by atoms with E-state index in [1.165, 1.54) is 23.4 Å². The molecule has 0 atom stereocenters. The monoisotopic (exact) mass is 371 g/mol. The molecule has 0 saturated heterocycles. The minimum absolute atomic E-state index is 0.620. The van der Waals surface area contributed by atoms with Crippen molar-refractivity contribution in [1.82, 2.24) is 0 Å². The third kappa shape index (κ3) is 6.48. The number of carboxylic acid groups (broad SMARTS) is 1. The third-order valence-electron chi connectivity index (χ3n) is 3.86. The fourth-order valence-electron chi connectivity index (χ4n) is 2.59. The number of aryl methyl sites for hydroxylation is 1. The van der Waals surface area contributed by atoms with Crippen molar-refractivity contribution >= 4 is 17.7 Å².